The molecule has 0 heterocycles. The summed E-state index contributed by atoms with van der Waals surface area (Å²) in [5.74, 6) is 2.07. The van der Waals surface area contributed by atoms with Crippen molar-refractivity contribution in [1.29, 1.82) is 0 Å². The second-order valence-electron chi connectivity index (χ2n) is 3.70. The van der Waals surface area contributed by atoms with Gasteiger partial charge in [0, 0.05) is 12.3 Å². The van der Waals surface area contributed by atoms with Gasteiger partial charge in [0.25, 0.3) is 0 Å². The highest BCUT2D eigenvalue weighted by molar-refractivity contribution is 5.19. The number of rotatable bonds is 5. The van der Waals surface area contributed by atoms with Crippen molar-refractivity contribution in [2.45, 2.75) is 18.9 Å². The molecule has 0 saturated heterocycles. The highest BCUT2D eigenvalue weighted by Gasteiger charge is 2.22. The molecule has 1 aromatic carbocycles. The van der Waals surface area contributed by atoms with Crippen LogP contribution >= 0.6 is 0 Å². The standard InChI is InChI=1S/C14H16O2/c1-3-4-10-13(11(2)15)14(16)12-8-6-5-7-9-12/h1,5-9,13-16H,2,4,10H2/t13-,14+/m0/s1. The van der Waals surface area contributed by atoms with Crippen LogP contribution in [-0.4, -0.2) is 10.2 Å². The van der Waals surface area contributed by atoms with Crippen LogP contribution in [0.2, 0.25) is 0 Å². The second-order valence-corrected chi connectivity index (χ2v) is 3.70. The summed E-state index contributed by atoms with van der Waals surface area (Å²) < 4.78 is 0. The third kappa shape index (κ3) is 3.15. The van der Waals surface area contributed by atoms with Gasteiger partial charge < -0.3 is 10.2 Å². The number of terminal acetylenes is 1. The second kappa shape index (κ2) is 5.99. The first-order chi connectivity index (χ1) is 7.66. The quantitative estimate of drug-likeness (QED) is 0.587. The number of aliphatic hydroxyl groups excluding tert-OH is 2. The molecule has 0 fully saturated rings. The van der Waals surface area contributed by atoms with Crippen LogP contribution in [0.4, 0.5) is 0 Å². The van der Waals surface area contributed by atoms with Gasteiger partial charge in [-0.25, -0.2) is 0 Å². The molecule has 0 aliphatic carbocycles. The molecule has 16 heavy (non-hydrogen) atoms. The van der Waals surface area contributed by atoms with Crippen LogP contribution in [0.1, 0.15) is 24.5 Å². The largest absolute Gasteiger partial charge is 0.513 e. The molecule has 0 radical (unpaired) electrons. The van der Waals surface area contributed by atoms with E-state index in [0.29, 0.717) is 12.8 Å². The Kier molecular flexibility index (Phi) is 4.63. The van der Waals surface area contributed by atoms with E-state index >= 15 is 0 Å². The van der Waals surface area contributed by atoms with Gasteiger partial charge in [-0.2, -0.15) is 0 Å². The summed E-state index contributed by atoms with van der Waals surface area (Å²) in [4.78, 5) is 0. The first-order valence-electron chi connectivity index (χ1n) is 5.21. The van der Waals surface area contributed by atoms with Crippen molar-refractivity contribution in [2.75, 3.05) is 0 Å². The van der Waals surface area contributed by atoms with Gasteiger partial charge in [-0.15, -0.1) is 12.3 Å². The summed E-state index contributed by atoms with van der Waals surface area (Å²) in [6.45, 7) is 3.48. The van der Waals surface area contributed by atoms with Gasteiger partial charge in [0.1, 0.15) is 0 Å². The molecule has 0 aromatic heterocycles. The first kappa shape index (κ1) is 12.4. The average Bonchev–Trinajstić information content (AvgIpc) is 2.30. The van der Waals surface area contributed by atoms with Gasteiger partial charge in [-0.1, -0.05) is 36.9 Å². The first-order valence-corrected chi connectivity index (χ1v) is 5.21. The van der Waals surface area contributed by atoms with Gasteiger partial charge in [-0.05, 0) is 12.0 Å². The Bertz CT molecular complexity index is 375. The molecule has 0 aliphatic heterocycles. The molecule has 0 bridgehead atoms. The zero-order chi connectivity index (χ0) is 12.0. The summed E-state index contributed by atoms with van der Waals surface area (Å²) in [5, 5.41) is 19.5. The number of hydrogen-bond acceptors (Lipinski definition) is 2. The number of benzene rings is 1. The SMILES string of the molecule is C#CCC[C@@H](C(=C)O)[C@H](O)c1ccccc1. The Morgan fingerprint density at radius 1 is 1.38 bits per heavy atom. The van der Waals surface area contributed by atoms with Crippen molar-refractivity contribution >= 4 is 0 Å². The summed E-state index contributed by atoms with van der Waals surface area (Å²) in [6.07, 6.45) is 5.45. The molecule has 84 valence electrons. The molecular formula is C14H16O2. The van der Waals surface area contributed by atoms with Crippen LogP contribution in [0.15, 0.2) is 42.7 Å². The van der Waals surface area contributed by atoms with E-state index in [1.54, 1.807) is 0 Å². The Morgan fingerprint density at radius 3 is 2.50 bits per heavy atom. The summed E-state index contributed by atoms with van der Waals surface area (Å²) in [6, 6.07) is 9.20. The van der Waals surface area contributed by atoms with E-state index in [0.717, 1.165) is 5.56 Å². The maximum atomic E-state index is 10.1. The Morgan fingerprint density at radius 2 is 2.00 bits per heavy atom. The Hall–Kier alpha value is -1.72. The lowest BCUT2D eigenvalue weighted by atomic mass is 9.90. The number of hydrogen-bond donors (Lipinski definition) is 2. The van der Waals surface area contributed by atoms with Crippen LogP contribution < -0.4 is 0 Å². The summed E-state index contributed by atoms with van der Waals surface area (Å²) in [7, 11) is 0. The minimum absolute atomic E-state index is 0.0217. The predicted octanol–water partition coefficient (Wildman–Crippen LogP) is 2.82. The zero-order valence-corrected chi connectivity index (χ0v) is 9.13. The van der Waals surface area contributed by atoms with E-state index in [1.165, 1.54) is 0 Å². The zero-order valence-electron chi connectivity index (χ0n) is 9.13. The highest BCUT2D eigenvalue weighted by Crippen LogP contribution is 2.29. The van der Waals surface area contributed by atoms with Crippen molar-refractivity contribution in [3.63, 3.8) is 0 Å². The van der Waals surface area contributed by atoms with Crippen molar-refractivity contribution in [3.05, 3.63) is 48.2 Å². The van der Waals surface area contributed by atoms with Gasteiger partial charge in [-0.3, -0.25) is 0 Å². The molecular weight excluding hydrogens is 200 g/mol. The lowest BCUT2D eigenvalue weighted by Gasteiger charge is -2.21. The van der Waals surface area contributed by atoms with Crippen LogP contribution in [0.3, 0.4) is 0 Å². The molecule has 1 aromatic rings. The molecule has 0 aliphatic rings. The van der Waals surface area contributed by atoms with Gasteiger partial charge >= 0.3 is 0 Å². The molecule has 0 spiro atoms. The van der Waals surface area contributed by atoms with Gasteiger partial charge in [0.15, 0.2) is 0 Å². The van der Waals surface area contributed by atoms with Crippen molar-refractivity contribution in [2.24, 2.45) is 5.92 Å². The smallest absolute Gasteiger partial charge is 0.0911 e. The minimum atomic E-state index is -0.757. The van der Waals surface area contributed by atoms with Crippen LogP contribution in [0.25, 0.3) is 0 Å². The molecule has 0 saturated carbocycles. The molecule has 2 atom stereocenters. The average molecular weight is 216 g/mol. The fraction of sp³-hybridized carbons (Fsp3) is 0.286. The molecule has 2 N–H and O–H groups in total. The lowest BCUT2D eigenvalue weighted by molar-refractivity contribution is 0.0977. The molecule has 0 amide bonds. The maximum absolute atomic E-state index is 10.1. The van der Waals surface area contributed by atoms with E-state index in [2.05, 4.69) is 12.5 Å². The van der Waals surface area contributed by atoms with Crippen LogP contribution in [-0.2, 0) is 0 Å². The van der Waals surface area contributed by atoms with E-state index in [4.69, 9.17) is 6.42 Å². The maximum Gasteiger partial charge on any atom is 0.0911 e. The van der Waals surface area contributed by atoms with Crippen molar-refractivity contribution in [1.82, 2.24) is 0 Å². The lowest BCUT2D eigenvalue weighted by Crippen LogP contribution is -2.14. The molecule has 2 heteroatoms. The van der Waals surface area contributed by atoms with E-state index in [-0.39, 0.29) is 5.76 Å². The Balaban J connectivity index is 2.79. The number of aliphatic hydroxyl groups is 2. The minimum Gasteiger partial charge on any atom is -0.513 e. The van der Waals surface area contributed by atoms with Crippen LogP contribution in [0, 0.1) is 18.3 Å². The van der Waals surface area contributed by atoms with Crippen molar-refractivity contribution < 1.29 is 10.2 Å². The third-order valence-corrected chi connectivity index (χ3v) is 2.55. The Labute approximate surface area is 96.2 Å². The van der Waals surface area contributed by atoms with Gasteiger partial charge in [0.2, 0.25) is 0 Å². The fourth-order valence-electron chi connectivity index (χ4n) is 1.63. The molecule has 1 rings (SSSR count). The third-order valence-electron chi connectivity index (χ3n) is 2.55. The van der Waals surface area contributed by atoms with E-state index in [1.807, 2.05) is 30.3 Å². The van der Waals surface area contributed by atoms with E-state index < -0.39 is 12.0 Å². The monoisotopic (exact) mass is 216 g/mol. The fourth-order valence-corrected chi connectivity index (χ4v) is 1.63. The van der Waals surface area contributed by atoms with E-state index in [9.17, 15) is 10.2 Å². The van der Waals surface area contributed by atoms with Crippen molar-refractivity contribution in [3.8, 4) is 12.3 Å². The summed E-state index contributed by atoms with van der Waals surface area (Å²) >= 11 is 0. The van der Waals surface area contributed by atoms with Gasteiger partial charge in [0.05, 0.1) is 11.9 Å². The summed E-state index contributed by atoms with van der Waals surface area (Å²) in [5.41, 5.74) is 0.764. The highest BCUT2D eigenvalue weighted by atomic mass is 16.3. The van der Waals surface area contributed by atoms with Crippen LogP contribution in [0.5, 0.6) is 0 Å². The normalized spacial score (nSPS) is 13.8. The molecule has 0 unspecified atom stereocenters. The predicted molar refractivity (Wildman–Crippen MR) is 64.7 cm³/mol. The topological polar surface area (TPSA) is 40.5 Å². The molecule has 2 nitrogen and oxygen atoms in total.